The number of hydrogen-bond acceptors (Lipinski definition) is 24. The lowest BCUT2D eigenvalue weighted by Gasteiger charge is -2.51. The van der Waals surface area contributed by atoms with Gasteiger partial charge in [0.15, 0.2) is 31.5 Å². The lowest BCUT2D eigenvalue weighted by atomic mass is 9.93. The second-order valence-electron chi connectivity index (χ2n) is 16.1. The molecule has 0 aromatic carbocycles. The van der Waals surface area contributed by atoms with E-state index in [4.69, 9.17) is 42.6 Å². The van der Waals surface area contributed by atoms with E-state index in [1.165, 1.54) is 13.8 Å². The Labute approximate surface area is 359 Å². The molecule has 63 heavy (non-hydrogen) atoms. The molecule has 3 amide bonds. The molecule has 0 bridgehead atoms. The molecule has 5 heterocycles. The molecule has 25 atom stereocenters. The fraction of sp³-hybridized carbons (Fsp3) is 0.917. The summed E-state index contributed by atoms with van der Waals surface area (Å²) in [6.07, 6.45) is -37.0. The maximum Gasteiger partial charge on any atom is 0.217 e. The standard InChI is InChI=1S/C36H61N3O24/c1-9-20(46)29(17(37-11(3)43)33(55-9)60-28-16(8-42)57-32(54)26(52)25(28)51)61-35-19(39-13(5)45)31(23(49)15(7-41)58-35)62-34-18(38-12(4)44)30(21(47)10(2)56-34)63-36-27(53)24(50)22(48)14(6-40)59-36/h9-10,14-36,40-42,46-54H,6-8H2,1-5H3,(H,37,43)(H,38,44)(H,39,45)/t9-,10-,14+,15+,16+,17-,18-,19+,20+,21+,22+,23+,24-,25+,26+,27+,28+,29-,30-,31+,32+,33-,34-,35+,36+/m0/s1. The van der Waals surface area contributed by atoms with E-state index < -0.39 is 191 Å². The predicted octanol–water partition coefficient (Wildman–Crippen LogP) is -9.44. The van der Waals surface area contributed by atoms with E-state index in [1.807, 2.05) is 0 Å². The number of amides is 3. The Balaban J connectivity index is 1.48. The smallest absolute Gasteiger partial charge is 0.217 e. The van der Waals surface area contributed by atoms with E-state index >= 15 is 0 Å². The molecule has 0 aromatic heterocycles. The summed E-state index contributed by atoms with van der Waals surface area (Å²) in [4.78, 5) is 38.1. The highest BCUT2D eigenvalue weighted by molar-refractivity contribution is 5.74. The summed E-state index contributed by atoms with van der Waals surface area (Å²) in [6.45, 7) is 3.42. The van der Waals surface area contributed by atoms with E-state index in [2.05, 4.69) is 16.0 Å². The molecular formula is C36H61N3O24. The van der Waals surface area contributed by atoms with Crippen LogP contribution in [-0.2, 0) is 57.0 Å². The van der Waals surface area contributed by atoms with E-state index in [0.717, 1.165) is 20.8 Å². The van der Waals surface area contributed by atoms with E-state index in [0.29, 0.717) is 0 Å². The van der Waals surface area contributed by atoms with Gasteiger partial charge in [-0.25, -0.2) is 0 Å². The molecule has 5 aliphatic rings. The molecule has 15 N–H and O–H groups in total. The maximum absolute atomic E-state index is 12.8. The molecule has 0 saturated carbocycles. The first-order chi connectivity index (χ1) is 29.6. The van der Waals surface area contributed by atoms with Crippen LogP contribution in [0.25, 0.3) is 0 Å². The minimum atomic E-state index is -1.94. The van der Waals surface area contributed by atoms with E-state index in [-0.39, 0.29) is 0 Å². The second-order valence-corrected chi connectivity index (χ2v) is 16.1. The van der Waals surface area contributed by atoms with Crippen molar-refractivity contribution in [2.24, 2.45) is 0 Å². The van der Waals surface area contributed by atoms with Crippen molar-refractivity contribution in [2.75, 3.05) is 19.8 Å². The zero-order valence-electron chi connectivity index (χ0n) is 34.8. The van der Waals surface area contributed by atoms with Crippen LogP contribution in [0.4, 0.5) is 0 Å². The molecule has 0 aliphatic carbocycles. The SMILES string of the molecule is CC(=O)N[C@@H]1[C@H](O[C@H]2[C@H](O)[C@@H](CO)O[C@H](O[C@@H]3[C@H](O)[C@H](C)O[C@@H](O[C@H]4[C@H](O)[C@@H](O)[C@H](O)O[C@@H]4CO)[C@H]3NC(C)=O)[C@@H]2NC(C)=O)O[C@@H](C)[C@@H](O)[C@H]1O[C@H]1O[C@H](CO)[C@@H](O)[C@H](O)[C@H]1O. The Morgan fingerprint density at radius 1 is 0.413 bits per heavy atom. The second kappa shape index (κ2) is 21.9. The molecule has 364 valence electrons. The van der Waals surface area contributed by atoms with Gasteiger partial charge in [-0.05, 0) is 13.8 Å². The van der Waals surface area contributed by atoms with Gasteiger partial charge in [-0.1, -0.05) is 0 Å². The van der Waals surface area contributed by atoms with Crippen molar-refractivity contribution in [3.8, 4) is 0 Å². The Morgan fingerprint density at radius 2 is 0.778 bits per heavy atom. The first-order valence-corrected chi connectivity index (χ1v) is 20.3. The van der Waals surface area contributed by atoms with Crippen molar-refractivity contribution in [3.05, 3.63) is 0 Å². The monoisotopic (exact) mass is 919 g/mol. The quantitative estimate of drug-likeness (QED) is 0.0769. The largest absolute Gasteiger partial charge is 0.394 e. The predicted molar refractivity (Wildman–Crippen MR) is 198 cm³/mol. The van der Waals surface area contributed by atoms with Crippen molar-refractivity contribution >= 4 is 17.7 Å². The first-order valence-electron chi connectivity index (χ1n) is 20.3. The van der Waals surface area contributed by atoms with Crippen LogP contribution in [0.2, 0.25) is 0 Å². The zero-order chi connectivity index (χ0) is 46.8. The normalized spacial score (nSPS) is 48.2. The average Bonchev–Trinajstić information content (AvgIpc) is 3.22. The van der Waals surface area contributed by atoms with Crippen molar-refractivity contribution < 1.29 is 118 Å². The molecule has 0 radical (unpaired) electrons. The third-order valence-electron chi connectivity index (χ3n) is 11.4. The number of aliphatic hydroxyl groups is 12. The first kappa shape index (κ1) is 51.6. The third kappa shape index (κ3) is 11.4. The van der Waals surface area contributed by atoms with Crippen molar-refractivity contribution in [2.45, 2.75) is 188 Å². The fourth-order valence-corrected chi connectivity index (χ4v) is 8.12. The minimum Gasteiger partial charge on any atom is -0.394 e. The van der Waals surface area contributed by atoms with E-state index in [1.54, 1.807) is 0 Å². The number of carbonyl (C=O) groups is 3. The highest BCUT2D eigenvalue weighted by Gasteiger charge is 2.57. The van der Waals surface area contributed by atoms with Gasteiger partial charge in [-0.2, -0.15) is 0 Å². The zero-order valence-corrected chi connectivity index (χ0v) is 34.8. The molecule has 0 unspecified atom stereocenters. The highest BCUT2D eigenvalue weighted by Crippen LogP contribution is 2.36. The fourth-order valence-electron chi connectivity index (χ4n) is 8.12. The molecule has 5 saturated heterocycles. The minimum absolute atomic E-state index is 0.731. The van der Waals surface area contributed by atoms with Crippen LogP contribution in [0.1, 0.15) is 34.6 Å². The van der Waals surface area contributed by atoms with Crippen LogP contribution in [0.15, 0.2) is 0 Å². The highest BCUT2D eigenvalue weighted by atomic mass is 16.8. The lowest BCUT2D eigenvalue weighted by Crippen LogP contribution is -2.72. The number of carbonyl (C=O) groups excluding carboxylic acids is 3. The van der Waals surface area contributed by atoms with Crippen LogP contribution >= 0.6 is 0 Å². The Morgan fingerprint density at radius 3 is 1.21 bits per heavy atom. The van der Waals surface area contributed by atoms with Gasteiger partial charge < -0.3 is 120 Å². The number of rotatable bonds is 14. The van der Waals surface area contributed by atoms with Gasteiger partial charge in [0.25, 0.3) is 0 Å². The molecule has 5 fully saturated rings. The number of hydrogen-bond donors (Lipinski definition) is 15. The molecular weight excluding hydrogens is 858 g/mol. The van der Waals surface area contributed by atoms with Crippen LogP contribution < -0.4 is 16.0 Å². The van der Waals surface area contributed by atoms with Crippen LogP contribution in [0.5, 0.6) is 0 Å². The molecule has 27 heteroatoms. The molecule has 27 nitrogen and oxygen atoms in total. The Hall–Kier alpha value is -2.43. The van der Waals surface area contributed by atoms with Crippen molar-refractivity contribution in [1.29, 1.82) is 0 Å². The van der Waals surface area contributed by atoms with Crippen LogP contribution in [-0.4, -0.2) is 252 Å². The third-order valence-corrected chi connectivity index (χ3v) is 11.4. The lowest BCUT2D eigenvalue weighted by molar-refractivity contribution is -0.366. The summed E-state index contributed by atoms with van der Waals surface area (Å²) in [5, 5.41) is 135. The molecule has 0 aromatic rings. The summed E-state index contributed by atoms with van der Waals surface area (Å²) in [6, 6.07) is -4.73. The van der Waals surface area contributed by atoms with Crippen molar-refractivity contribution in [3.63, 3.8) is 0 Å². The van der Waals surface area contributed by atoms with Crippen LogP contribution in [0.3, 0.4) is 0 Å². The molecule has 5 rings (SSSR count). The summed E-state index contributed by atoms with van der Waals surface area (Å²) in [7, 11) is 0. The van der Waals surface area contributed by atoms with Gasteiger partial charge in [-0.15, -0.1) is 0 Å². The van der Waals surface area contributed by atoms with Crippen molar-refractivity contribution in [1.82, 2.24) is 16.0 Å². The molecule has 0 spiro atoms. The number of aliphatic hydroxyl groups excluding tert-OH is 12. The summed E-state index contributed by atoms with van der Waals surface area (Å²) in [5.41, 5.74) is 0. The van der Waals surface area contributed by atoms with Gasteiger partial charge in [0.1, 0.15) is 110 Å². The topological polar surface area (TPSA) is 413 Å². The maximum atomic E-state index is 12.8. The summed E-state index contributed by atoms with van der Waals surface area (Å²) in [5.74, 6) is -2.24. The summed E-state index contributed by atoms with van der Waals surface area (Å²) >= 11 is 0. The van der Waals surface area contributed by atoms with Gasteiger partial charge in [0.05, 0.1) is 32.0 Å². The number of nitrogens with one attached hydrogen (secondary N) is 3. The number of ether oxygens (including phenoxy) is 9. The Kier molecular flexibility index (Phi) is 17.9. The Bertz CT molecular complexity index is 1520. The van der Waals surface area contributed by atoms with E-state index in [9.17, 15) is 75.7 Å². The average molecular weight is 920 g/mol. The van der Waals surface area contributed by atoms with Gasteiger partial charge in [0.2, 0.25) is 17.7 Å². The van der Waals surface area contributed by atoms with Gasteiger partial charge >= 0.3 is 0 Å². The van der Waals surface area contributed by atoms with Gasteiger partial charge in [0, 0.05) is 20.8 Å². The van der Waals surface area contributed by atoms with Crippen LogP contribution in [0, 0.1) is 0 Å². The van der Waals surface area contributed by atoms with Gasteiger partial charge in [-0.3, -0.25) is 14.4 Å². The summed E-state index contributed by atoms with van der Waals surface area (Å²) < 4.78 is 52.8. The molecule has 5 aliphatic heterocycles.